The van der Waals surface area contributed by atoms with Crippen LogP contribution >= 0.6 is 0 Å². The number of fused-ring (bicyclic) bond motifs is 1. The molecule has 5 heteroatoms. The molecule has 2 aliphatic heterocycles. The number of Topliss-reactive ketones (excluding diaryl/α,β-unsaturated/α-hetero) is 1. The van der Waals surface area contributed by atoms with Crippen LogP contribution in [0.5, 0.6) is 0 Å². The molecule has 1 saturated heterocycles. The Bertz CT molecular complexity index is 704. The van der Waals surface area contributed by atoms with Crippen LogP contribution < -0.4 is 4.90 Å². The number of benzene rings is 1. The number of carbonyl (C=O) groups is 2. The number of halogens is 1. The minimum Gasteiger partial charge on any atom is -0.300 e. The van der Waals surface area contributed by atoms with E-state index < -0.39 is 17.5 Å². The predicted molar refractivity (Wildman–Crippen MR) is 103 cm³/mol. The smallest absolute Gasteiger partial charge is 0.295 e. The third-order valence-corrected chi connectivity index (χ3v) is 6.57. The molecule has 146 valence electrons. The lowest BCUT2D eigenvalue weighted by molar-refractivity contribution is -0.136. The summed E-state index contributed by atoms with van der Waals surface area (Å²) in [5, 5.41) is 0. The number of rotatable bonds is 2. The van der Waals surface area contributed by atoms with Gasteiger partial charge in [-0.3, -0.25) is 14.5 Å². The van der Waals surface area contributed by atoms with Crippen molar-refractivity contribution in [2.75, 3.05) is 18.0 Å². The number of para-hydroxylation sites is 1. The second-order valence-electron chi connectivity index (χ2n) is 8.29. The van der Waals surface area contributed by atoms with E-state index in [4.69, 9.17) is 0 Å². The molecule has 3 aliphatic rings. The fraction of sp³-hybridized carbons (Fsp3) is 0.636. The van der Waals surface area contributed by atoms with Crippen molar-refractivity contribution in [3.8, 4) is 0 Å². The van der Waals surface area contributed by atoms with Crippen molar-refractivity contribution in [1.82, 2.24) is 4.90 Å². The zero-order valence-corrected chi connectivity index (χ0v) is 16.0. The molecule has 1 aromatic rings. The maximum atomic E-state index is 14.5. The number of hydrogen-bond donors (Lipinski definition) is 0. The van der Waals surface area contributed by atoms with Gasteiger partial charge < -0.3 is 4.90 Å². The number of piperidine rings is 1. The number of amides is 1. The summed E-state index contributed by atoms with van der Waals surface area (Å²) >= 11 is 0. The number of carbonyl (C=O) groups excluding carboxylic acids is 2. The molecule has 4 nitrogen and oxygen atoms in total. The van der Waals surface area contributed by atoms with E-state index in [9.17, 15) is 14.0 Å². The Balaban J connectivity index is 1.48. The van der Waals surface area contributed by atoms with E-state index in [1.807, 2.05) is 0 Å². The van der Waals surface area contributed by atoms with Crippen LogP contribution in [0.2, 0.25) is 0 Å². The van der Waals surface area contributed by atoms with Crippen LogP contribution in [-0.2, 0) is 16.0 Å². The van der Waals surface area contributed by atoms with Gasteiger partial charge in [0, 0.05) is 31.6 Å². The molecule has 0 aromatic heterocycles. The highest BCUT2D eigenvalue weighted by molar-refractivity contribution is 6.43. The third kappa shape index (κ3) is 3.79. The zero-order chi connectivity index (χ0) is 18.8. The highest BCUT2D eigenvalue weighted by Crippen LogP contribution is 2.34. The van der Waals surface area contributed by atoms with Crippen molar-refractivity contribution < 1.29 is 14.0 Å². The Morgan fingerprint density at radius 3 is 2.22 bits per heavy atom. The first-order valence-electron chi connectivity index (χ1n) is 10.5. The van der Waals surface area contributed by atoms with Crippen LogP contribution in [0.4, 0.5) is 10.1 Å². The summed E-state index contributed by atoms with van der Waals surface area (Å²) in [6, 6.07) is 5.33. The molecule has 0 bridgehead atoms. The van der Waals surface area contributed by atoms with Gasteiger partial charge in [-0.1, -0.05) is 44.2 Å². The molecule has 1 aliphatic carbocycles. The summed E-state index contributed by atoms with van der Waals surface area (Å²) in [4.78, 5) is 28.8. The van der Waals surface area contributed by atoms with Gasteiger partial charge in [-0.05, 0) is 37.3 Å². The van der Waals surface area contributed by atoms with E-state index in [1.54, 1.807) is 12.1 Å². The van der Waals surface area contributed by atoms with Crippen molar-refractivity contribution in [3.05, 3.63) is 29.6 Å². The van der Waals surface area contributed by atoms with Gasteiger partial charge in [-0.2, -0.15) is 0 Å². The quantitative estimate of drug-likeness (QED) is 0.740. The minimum absolute atomic E-state index is 0.0172. The van der Waals surface area contributed by atoms with Gasteiger partial charge in [0.1, 0.15) is 5.82 Å². The monoisotopic (exact) mass is 372 g/mol. The molecule has 0 radical (unpaired) electrons. The summed E-state index contributed by atoms with van der Waals surface area (Å²) in [5.74, 6) is -1.34. The van der Waals surface area contributed by atoms with Crippen LogP contribution in [0, 0.1) is 5.82 Å². The van der Waals surface area contributed by atoms with Crippen LogP contribution in [0.1, 0.15) is 63.4 Å². The molecule has 27 heavy (non-hydrogen) atoms. The maximum Gasteiger partial charge on any atom is 0.295 e. The molecule has 2 fully saturated rings. The van der Waals surface area contributed by atoms with E-state index in [0.717, 1.165) is 25.9 Å². The van der Waals surface area contributed by atoms with Gasteiger partial charge in [0.2, 0.25) is 5.78 Å². The fourth-order valence-corrected chi connectivity index (χ4v) is 5.11. The number of anilines is 1. The lowest BCUT2D eigenvalue weighted by Crippen LogP contribution is -2.53. The molecule has 4 rings (SSSR count). The summed E-state index contributed by atoms with van der Waals surface area (Å²) in [5.41, 5.74) is 0.980. The Morgan fingerprint density at radius 2 is 1.52 bits per heavy atom. The topological polar surface area (TPSA) is 40.6 Å². The summed E-state index contributed by atoms with van der Waals surface area (Å²) < 4.78 is 14.5. The fourth-order valence-electron chi connectivity index (χ4n) is 5.11. The molecule has 0 atom stereocenters. The average Bonchev–Trinajstić information content (AvgIpc) is 2.64. The van der Waals surface area contributed by atoms with Crippen LogP contribution in [-0.4, -0.2) is 41.8 Å². The van der Waals surface area contributed by atoms with Crippen molar-refractivity contribution in [3.63, 3.8) is 0 Å². The van der Waals surface area contributed by atoms with E-state index in [2.05, 4.69) is 4.90 Å². The van der Waals surface area contributed by atoms with Crippen molar-refractivity contribution in [1.29, 1.82) is 0 Å². The normalized spacial score (nSPS) is 23.8. The van der Waals surface area contributed by atoms with Crippen molar-refractivity contribution >= 4 is 17.4 Å². The second kappa shape index (κ2) is 8.09. The zero-order valence-electron chi connectivity index (χ0n) is 16.0. The van der Waals surface area contributed by atoms with Crippen molar-refractivity contribution in [2.24, 2.45) is 0 Å². The minimum atomic E-state index is -0.531. The van der Waals surface area contributed by atoms with Gasteiger partial charge in [0.25, 0.3) is 5.91 Å². The number of likely N-dealkylation sites (tertiary alicyclic amines) is 1. The van der Waals surface area contributed by atoms with Crippen LogP contribution in [0.25, 0.3) is 0 Å². The van der Waals surface area contributed by atoms with Crippen molar-refractivity contribution in [2.45, 2.75) is 76.3 Å². The molecule has 0 spiro atoms. The van der Waals surface area contributed by atoms with Crippen LogP contribution in [0.15, 0.2) is 18.2 Å². The molecular formula is C22H29FN2O2. The lowest BCUT2D eigenvalue weighted by Gasteiger charge is -2.43. The van der Waals surface area contributed by atoms with E-state index in [0.29, 0.717) is 17.3 Å². The van der Waals surface area contributed by atoms with E-state index in [1.165, 1.54) is 55.9 Å². The second-order valence-corrected chi connectivity index (χ2v) is 8.29. The van der Waals surface area contributed by atoms with Gasteiger partial charge in [-0.15, -0.1) is 0 Å². The number of nitrogens with zero attached hydrogens (tertiary/aromatic N) is 2. The average molecular weight is 372 g/mol. The molecule has 0 N–H and O–H groups in total. The van der Waals surface area contributed by atoms with E-state index in [-0.39, 0.29) is 12.5 Å². The lowest BCUT2D eigenvalue weighted by atomic mass is 9.91. The largest absolute Gasteiger partial charge is 0.300 e. The molecular weight excluding hydrogens is 343 g/mol. The Kier molecular flexibility index (Phi) is 5.58. The van der Waals surface area contributed by atoms with E-state index >= 15 is 0 Å². The Labute approximate surface area is 160 Å². The third-order valence-electron chi connectivity index (χ3n) is 6.57. The first-order chi connectivity index (χ1) is 13.1. The molecule has 2 heterocycles. The van der Waals surface area contributed by atoms with Gasteiger partial charge in [0.05, 0.1) is 5.69 Å². The molecule has 1 amide bonds. The number of ketones is 1. The first-order valence-corrected chi connectivity index (χ1v) is 10.5. The Morgan fingerprint density at radius 1 is 0.852 bits per heavy atom. The first kappa shape index (κ1) is 18.6. The summed E-state index contributed by atoms with van der Waals surface area (Å²) in [6.45, 7) is 1.86. The van der Waals surface area contributed by atoms with Gasteiger partial charge >= 0.3 is 0 Å². The Hall–Kier alpha value is -1.75. The van der Waals surface area contributed by atoms with Gasteiger partial charge in [0.15, 0.2) is 0 Å². The molecule has 1 saturated carbocycles. The highest BCUT2D eigenvalue weighted by atomic mass is 19.1. The standard InChI is InChI=1S/C22H29FN2O2/c23-19-10-6-7-16-15-20(26)22(27)25(21(16)19)18-11-13-24(14-12-18)17-8-4-2-1-3-5-9-17/h6-7,10,17-18H,1-5,8-9,11-15H2. The molecule has 1 aromatic carbocycles. The SMILES string of the molecule is O=C1Cc2cccc(F)c2N(C2CCN(C3CCCCCCC3)CC2)C1=O. The summed E-state index contributed by atoms with van der Waals surface area (Å²) in [6.07, 6.45) is 10.8. The van der Waals surface area contributed by atoms with Crippen LogP contribution in [0.3, 0.4) is 0 Å². The number of hydrogen-bond acceptors (Lipinski definition) is 3. The maximum absolute atomic E-state index is 14.5. The highest BCUT2D eigenvalue weighted by Gasteiger charge is 2.39. The summed E-state index contributed by atoms with van der Waals surface area (Å²) in [7, 11) is 0. The predicted octanol–water partition coefficient (Wildman–Crippen LogP) is 3.86. The molecule has 0 unspecified atom stereocenters. The van der Waals surface area contributed by atoms with Gasteiger partial charge in [-0.25, -0.2) is 4.39 Å².